The lowest BCUT2D eigenvalue weighted by Crippen LogP contribution is -2.44. The fourth-order valence-electron chi connectivity index (χ4n) is 2.06. The summed E-state index contributed by atoms with van der Waals surface area (Å²) in [5, 5.41) is 11.3. The maximum absolute atomic E-state index is 11.7. The summed E-state index contributed by atoms with van der Waals surface area (Å²) in [5.41, 5.74) is 1.43. The van der Waals surface area contributed by atoms with Crippen molar-refractivity contribution in [2.75, 3.05) is 6.61 Å². The summed E-state index contributed by atoms with van der Waals surface area (Å²) in [4.78, 5) is 22.5. The van der Waals surface area contributed by atoms with Crippen molar-refractivity contribution in [3.05, 3.63) is 35.5 Å². The second kappa shape index (κ2) is 5.18. The molecule has 96 valence electrons. The Balaban J connectivity index is 2.21. The highest BCUT2D eigenvalue weighted by atomic mass is 16.5. The van der Waals surface area contributed by atoms with E-state index in [9.17, 15) is 9.59 Å². The van der Waals surface area contributed by atoms with Gasteiger partial charge in [0.05, 0.1) is 12.6 Å². The van der Waals surface area contributed by atoms with Gasteiger partial charge in [0.25, 0.3) is 0 Å². The van der Waals surface area contributed by atoms with Crippen LogP contribution in [-0.4, -0.2) is 35.7 Å². The molecule has 1 aliphatic heterocycles. The van der Waals surface area contributed by atoms with Gasteiger partial charge in [-0.1, -0.05) is 24.3 Å². The molecule has 2 atom stereocenters. The molecule has 0 radical (unpaired) electrons. The predicted molar refractivity (Wildman–Crippen MR) is 65.3 cm³/mol. The Kier molecular flexibility index (Phi) is 3.62. The molecule has 0 aromatic rings. The summed E-state index contributed by atoms with van der Waals surface area (Å²) in [6, 6.07) is -0.505. The number of hydrogen-bond donors (Lipinski definition) is 2. The number of allylic oxidation sites excluding steroid dienone is 3. The molecule has 0 saturated carbocycles. The van der Waals surface area contributed by atoms with E-state index >= 15 is 0 Å². The molecule has 0 saturated heterocycles. The molecule has 2 aliphatic rings. The van der Waals surface area contributed by atoms with Gasteiger partial charge >= 0.3 is 6.09 Å². The Morgan fingerprint density at radius 3 is 2.89 bits per heavy atom. The smallest absolute Gasteiger partial charge is 0.405 e. The van der Waals surface area contributed by atoms with E-state index in [1.165, 1.54) is 0 Å². The highest BCUT2D eigenvalue weighted by Gasteiger charge is 2.29. The van der Waals surface area contributed by atoms with Crippen molar-refractivity contribution in [1.29, 1.82) is 0 Å². The van der Waals surface area contributed by atoms with Crippen LogP contribution in [0.2, 0.25) is 0 Å². The Labute approximate surface area is 105 Å². The molecule has 0 spiro atoms. The zero-order valence-corrected chi connectivity index (χ0v) is 10.1. The van der Waals surface area contributed by atoms with E-state index in [4.69, 9.17) is 9.84 Å². The van der Waals surface area contributed by atoms with Crippen molar-refractivity contribution in [3.8, 4) is 0 Å². The summed E-state index contributed by atoms with van der Waals surface area (Å²) in [7, 11) is 0. The third-order valence-electron chi connectivity index (χ3n) is 3.07. The quantitative estimate of drug-likeness (QED) is 0.742. The first-order chi connectivity index (χ1) is 8.58. The number of carbonyl (C=O) groups excluding carboxylic acids is 1. The van der Waals surface area contributed by atoms with Crippen molar-refractivity contribution in [2.45, 2.75) is 25.5 Å². The lowest BCUT2D eigenvalue weighted by molar-refractivity contribution is -0.115. The Morgan fingerprint density at radius 2 is 2.33 bits per heavy atom. The van der Waals surface area contributed by atoms with E-state index < -0.39 is 12.1 Å². The first-order valence-corrected chi connectivity index (χ1v) is 5.76. The minimum Gasteiger partial charge on any atom is -0.465 e. The van der Waals surface area contributed by atoms with Gasteiger partial charge in [0.15, 0.2) is 5.78 Å². The molecule has 5 heteroatoms. The summed E-state index contributed by atoms with van der Waals surface area (Å²) in [6.45, 7) is 2.22. The van der Waals surface area contributed by atoms with E-state index in [0.29, 0.717) is 12.2 Å². The van der Waals surface area contributed by atoms with Gasteiger partial charge in [-0.15, -0.1) is 0 Å². The van der Waals surface area contributed by atoms with Crippen molar-refractivity contribution in [1.82, 2.24) is 5.32 Å². The van der Waals surface area contributed by atoms with E-state index in [2.05, 4.69) is 5.32 Å². The maximum atomic E-state index is 11.7. The number of nitrogens with one attached hydrogen (secondary N) is 1. The van der Waals surface area contributed by atoms with Crippen LogP contribution < -0.4 is 5.32 Å². The van der Waals surface area contributed by atoms with E-state index in [0.717, 1.165) is 5.57 Å². The third kappa shape index (κ3) is 2.68. The summed E-state index contributed by atoms with van der Waals surface area (Å²) in [5.74, 6) is 0.0201. The van der Waals surface area contributed by atoms with Crippen LogP contribution in [0.3, 0.4) is 0 Å². The molecule has 2 rings (SSSR count). The third-order valence-corrected chi connectivity index (χ3v) is 3.07. The van der Waals surface area contributed by atoms with Gasteiger partial charge in [0, 0.05) is 6.42 Å². The molecule has 1 amide bonds. The number of rotatable bonds is 3. The molecule has 0 aromatic heterocycles. The molecular weight excluding hydrogens is 234 g/mol. The Hall–Kier alpha value is -1.88. The zero-order valence-electron chi connectivity index (χ0n) is 10.1. The minimum absolute atomic E-state index is 0.0201. The van der Waals surface area contributed by atoms with Crippen LogP contribution in [0.25, 0.3) is 0 Å². The number of amides is 1. The number of carboxylic acid groups (broad SMARTS) is 1. The van der Waals surface area contributed by atoms with Crippen molar-refractivity contribution < 1.29 is 19.4 Å². The van der Waals surface area contributed by atoms with E-state index in [1.807, 2.05) is 12.2 Å². The number of ketones is 1. The van der Waals surface area contributed by atoms with E-state index in [1.54, 1.807) is 19.1 Å². The second-order valence-electron chi connectivity index (χ2n) is 4.34. The largest absolute Gasteiger partial charge is 0.465 e. The summed E-state index contributed by atoms with van der Waals surface area (Å²) in [6.07, 6.45) is 5.95. The lowest BCUT2D eigenvalue weighted by Gasteiger charge is -2.26. The highest BCUT2D eigenvalue weighted by molar-refractivity contribution is 5.98. The second-order valence-corrected chi connectivity index (χ2v) is 4.34. The minimum atomic E-state index is -1.12. The number of hydrogen-bond acceptors (Lipinski definition) is 3. The molecule has 5 nitrogen and oxygen atoms in total. The fraction of sp³-hybridized carbons (Fsp3) is 0.385. The predicted octanol–water partition coefficient (Wildman–Crippen LogP) is 1.42. The topological polar surface area (TPSA) is 75.6 Å². The van der Waals surface area contributed by atoms with E-state index in [-0.39, 0.29) is 18.3 Å². The number of ether oxygens (including phenoxy) is 1. The molecule has 18 heavy (non-hydrogen) atoms. The average Bonchev–Trinajstić information content (AvgIpc) is 2.83. The first kappa shape index (κ1) is 12.6. The summed E-state index contributed by atoms with van der Waals surface area (Å²) >= 11 is 0. The van der Waals surface area contributed by atoms with Gasteiger partial charge in [0.1, 0.15) is 6.10 Å². The van der Waals surface area contributed by atoms with Crippen molar-refractivity contribution >= 4 is 11.9 Å². The summed E-state index contributed by atoms with van der Waals surface area (Å²) < 4.78 is 5.42. The van der Waals surface area contributed by atoms with Gasteiger partial charge in [-0.25, -0.2) is 4.79 Å². The Bertz CT molecular complexity index is 462. The molecule has 1 aliphatic carbocycles. The van der Waals surface area contributed by atoms with Gasteiger partial charge in [0.2, 0.25) is 0 Å². The fourth-order valence-corrected chi connectivity index (χ4v) is 2.06. The molecule has 2 N–H and O–H groups in total. The van der Waals surface area contributed by atoms with Crippen LogP contribution in [0, 0.1) is 0 Å². The monoisotopic (exact) mass is 249 g/mol. The molecule has 0 aromatic carbocycles. The van der Waals surface area contributed by atoms with Gasteiger partial charge in [-0.3, -0.25) is 4.79 Å². The Morgan fingerprint density at radius 1 is 1.56 bits per heavy atom. The molecule has 0 bridgehead atoms. The van der Waals surface area contributed by atoms with Gasteiger partial charge in [-0.05, 0) is 18.1 Å². The first-order valence-electron chi connectivity index (χ1n) is 5.76. The lowest BCUT2D eigenvalue weighted by atomic mass is 9.90. The standard InChI is InChI=1S/C13H15NO4/c1-8-4-5-9(7-10(8)15)12(14-13(16)17)11-3-2-6-18-11/h2-5,11-12,14H,6-7H2,1H3,(H,16,17). The van der Waals surface area contributed by atoms with Crippen LogP contribution >= 0.6 is 0 Å². The van der Waals surface area contributed by atoms with Crippen LogP contribution in [0.1, 0.15) is 13.3 Å². The molecule has 2 unspecified atom stereocenters. The number of carbonyl (C=O) groups is 2. The van der Waals surface area contributed by atoms with Gasteiger partial charge in [-0.2, -0.15) is 0 Å². The normalized spacial score (nSPS) is 24.5. The number of Topliss-reactive ketones (excluding diaryl/α,β-unsaturated/α-hetero) is 1. The average molecular weight is 249 g/mol. The zero-order chi connectivity index (χ0) is 13.1. The van der Waals surface area contributed by atoms with Crippen LogP contribution in [0.15, 0.2) is 35.5 Å². The SMILES string of the molecule is CC1=CC=C(C(NC(=O)O)C2C=CCO2)CC1=O. The molecular formula is C13H15NO4. The molecule has 0 fully saturated rings. The molecule has 1 heterocycles. The van der Waals surface area contributed by atoms with Gasteiger partial charge < -0.3 is 15.2 Å². The van der Waals surface area contributed by atoms with Crippen molar-refractivity contribution in [3.63, 3.8) is 0 Å². The van der Waals surface area contributed by atoms with Crippen LogP contribution in [0.5, 0.6) is 0 Å². The highest BCUT2D eigenvalue weighted by Crippen LogP contribution is 2.23. The van der Waals surface area contributed by atoms with Crippen molar-refractivity contribution in [2.24, 2.45) is 0 Å². The maximum Gasteiger partial charge on any atom is 0.405 e. The van der Waals surface area contributed by atoms with Crippen LogP contribution in [-0.2, 0) is 9.53 Å². The van der Waals surface area contributed by atoms with Crippen LogP contribution in [0.4, 0.5) is 4.79 Å².